The lowest BCUT2D eigenvalue weighted by Crippen LogP contribution is -2.31. The number of ether oxygens (including phenoxy) is 1. The van der Waals surface area contributed by atoms with E-state index in [1.165, 1.54) is 11.1 Å². The third-order valence-electron chi connectivity index (χ3n) is 3.69. The lowest BCUT2D eigenvalue weighted by molar-refractivity contribution is 0.238. The number of aliphatic hydroxyl groups excluding tert-OH is 1. The molecule has 0 aliphatic carbocycles. The Morgan fingerprint density at radius 1 is 1.09 bits per heavy atom. The minimum absolute atomic E-state index is 0.150. The highest BCUT2D eigenvalue weighted by atomic mass is 16.5. The van der Waals surface area contributed by atoms with E-state index in [-0.39, 0.29) is 12.6 Å². The largest absolute Gasteiger partial charge is 0.489 e. The molecule has 0 saturated heterocycles. The van der Waals surface area contributed by atoms with Crippen LogP contribution in [0.1, 0.15) is 30.0 Å². The summed E-state index contributed by atoms with van der Waals surface area (Å²) in [7, 11) is 0. The number of nitrogens with one attached hydrogen (secondary N) is 1. The van der Waals surface area contributed by atoms with Crippen molar-refractivity contribution in [3.05, 3.63) is 65.2 Å². The zero-order valence-electron chi connectivity index (χ0n) is 13.4. The van der Waals surface area contributed by atoms with Crippen molar-refractivity contribution in [1.29, 1.82) is 0 Å². The maximum absolute atomic E-state index is 9.20. The molecule has 2 rings (SSSR count). The molecule has 2 aromatic rings. The predicted octanol–water partition coefficient (Wildman–Crippen LogP) is 3.43. The molecule has 118 valence electrons. The van der Waals surface area contributed by atoms with Gasteiger partial charge in [0.15, 0.2) is 0 Å². The van der Waals surface area contributed by atoms with E-state index in [0.717, 1.165) is 24.3 Å². The number of aryl methyl sites for hydroxylation is 1. The molecule has 0 bridgehead atoms. The second-order valence-electron chi connectivity index (χ2n) is 5.59. The van der Waals surface area contributed by atoms with Crippen LogP contribution < -0.4 is 10.1 Å². The number of rotatable bonds is 8. The van der Waals surface area contributed by atoms with Gasteiger partial charge in [0, 0.05) is 12.6 Å². The average molecular weight is 299 g/mol. The normalized spacial score (nSPS) is 12.1. The molecule has 0 spiro atoms. The molecular weight excluding hydrogens is 274 g/mol. The molecule has 1 atom stereocenters. The minimum atomic E-state index is 0.150. The fourth-order valence-corrected chi connectivity index (χ4v) is 2.31. The van der Waals surface area contributed by atoms with Crippen molar-refractivity contribution in [2.75, 3.05) is 6.61 Å². The van der Waals surface area contributed by atoms with Crippen LogP contribution in [0.5, 0.6) is 5.75 Å². The zero-order valence-corrected chi connectivity index (χ0v) is 13.4. The SMILES string of the molecule is CC[C@H](CO)NCc1cccc(OCc2cccc(C)c2)c1. The highest BCUT2D eigenvalue weighted by Gasteiger charge is 2.04. The molecule has 0 amide bonds. The van der Waals surface area contributed by atoms with Crippen molar-refractivity contribution >= 4 is 0 Å². The first-order valence-electron chi connectivity index (χ1n) is 7.82. The number of aliphatic hydroxyl groups is 1. The van der Waals surface area contributed by atoms with Crippen LogP contribution in [0.15, 0.2) is 48.5 Å². The maximum Gasteiger partial charge on any atom is 0.120 e. The third-order valence-corrected chi connectivity index (χ3v) is 3.69. The number of hydrogen-bond donors (Lipinski definition) is 2. The van der Waals surface area contributed by atoms with E-state index in [1.807, 2.05) is 24.3 Å². The fraction of sp³-hybridized carbons (Fsp3) is 0.368. The highest BCUT2D eigenvalue weighted by Crippen LogP contribution is 2.16. The molecule has 3 heteroatoms. The summed E-state index contributed by atoms with van der Waals surface area (Å²) in [5, 5.41) is 12.5. The Balaban J connectivity index is 1.91. The summed E-state index contributed by atoms with van der Waals surface area (Å²) in [4.78, 5) is 0. The second kappa shape index (κ2) is 8.57. The van der Waals surface area contributed by atoms with Crippen molar-refractivity contribution in [1.82, 2.24) is 5.32 Å². The average Bonchev–Trinajstić information content (AvgIpc) is 2.54. The van der Waals surface area contributed by atoms with E-state index in [9.17, 15) is 5.11 Å². The van der Waals surface area contributed by atoms with Gasteiger partial charge in [-0.2, -0.15) is 0 Å². The Morgan fingerprint density at radius 3 is 2.59 bits per heavy atom. The molecule has 0 radical (unpaired) electrons. The van der Waals surface area contributed by atoms with Crippen LogP contribution in [0.4, 0.5) is 0 Å². The summed E-state index contributed by atoms with van der Waals surface area (Å²) in [6.45, 7) is 5.63. The Bertz CT molecular complexity index is 579. The van der Waals surface area contributed by atoms with Gasteiger partial charge in [-0.05, 0) is 36.6 Å². The molecule has 0 aromatic heterocycles. The van der Waals surface area contributed by atoms with Crippen LogP contribution in [-0.4, -0.2) is 17.8 Å². The highest BCUT2D eigenvalue weighted by molar-refractivity contribution is 5.29. The van der Waals surface area contributed by atoms with E-state index >= 15 is 0 Å². The van der Waals surface area contributed by atoms with E-state index in [4.69, 9.17) is 4.74 Å². The van der Waals surface area contributed by atoms with Crippen molar-refractivity contribution < 1.29 is 9.84 Å². The van der Waals surface area contributed by atoms with Gasteiger partial charge in [-0.25, -0.2) is 0 Å². The minimum Gasteiger partial charge on any atom is -0.489 e. The molecule has 0 aliphatic heterocycles. The topological polar surface area (TPSA) is 41.5 Å². The maximum atomic E-state index is 9.20. The third kappa shape index (κ3) is 5.17. The van der Waals surface area contributed by atoms with Crippen LogP contribution in [0.2, 0.25) is 0 Å². The molecule has 0 aliphatic rings. The number of hydrogen-bond acceptors (Lipinski definition) is 3. The monoisotopic (exact) mass is 299 g/mol. The first-order chi connectivity index (χ1) is 10.7. The first-order valence-corrected chi connectivity index (χ1v) is 7.82. The lowest BCUT2D eigenvalue weighted by Gasteiger charge is -2.14. The van der Waals surface area contributed by atoms with Gasteiger partial charge in [-0.15, -0.1) is 0 Å². The smallest absolute Gasteiger partial charge is 0.120 e. The zero-order chi connectivity index (χ0) is 15.8. The first kappa shape index (κ1) is 16.5. The Hall–Kier alpha value is -1.84. The molecule has 0 saturated carbocycles. The molecule has 2 N–H and O–H groups in total. The molecule has 2 aromatic carbocycles. The van der Waals surface area contributed by atoms with E-state index in [1.54, 1.807) is 0 Å². The molecule has 0 heterocycles. The van der Waals surface area contributed by atoms with Crippen molar-refractivity contribution in [2.45, 2.75) is 39.5 Å². The van der Waals surface area contributed by atoms with Crippen molar-refractivity contribution in [2.24, 2.45) is 0 Å². The quantitative estimate of drug-likeness (QED) is 0.784. The lowest BCUT2D eigenvalue weighted by atomic mass is 10.1. The van der Waals surface area contributed by atoms with Gasteiger partial charge in [0.2, 0.25) is 0 Å². The molecule has 3 nitrogen and oxygen atoms in total. The van der Waals surface area contributed by atoms with E-state index in [0.29, 0.717) is 6.61 Å². The van der Waals surface area contributed by atoms with Crippen molar-refractivity contribution in [3.63, 3.8) is 0 Å². The van der Waals surface area contributed by atoms with Gasteiger partial charge >= 0.3 is 0 Å². The van der Waals surface area contributed by atoms with E-state index in [2.05, 4.69) is 43.4 Å². The Kier molecular flexibility index (Phi) is 6.44. The van der Waals surface area contributed by atoms with Gasteiger partial charge in [-0.1, -0.05) is 48.9 Å². The Labute approximate surface area is 133 Å². The second-order valence-corrected chi connectivity index (χ2v) is 5.59. The Morgan fingerprint density at radius 2 is 1.86 bits per heavy atom. The van der Waals surface area contributed by atoms with E-state index < -0.39 is 0 Å². The van der Waals surface area contributed by atoms with Crippen LogP contribution in [0, 0.1) is 6.92 Å². The molecular formula is C19H25NO2. The summed E-state index contributed by atoms with van der Waals surface area (Å²) in [5.74, 6) is 0.873. The van der Waals surface area contributed by atoms with Gasteiger partial charge in [-0.3, -0.25) is 0 Å². The van der Waals surface area contributed by atoms with Gasteiger partial charge in [0.05, 0.1) is 6.61 Å². The fourth-order valence-electron chi connectivity index (χ4n) is 2.31. The molecule has 0 unspecified atom stereocenters. The van der Waals surface area contributed by atoms with Crippen LogP contribution >= 0.6 is 0 Å². The summed E-state index contributed by atoms with van der Waals surface area (Å²) in [5.41, 5.74) is 3.58. The molecule has 22 heavy (non-hydrogen) atoms. The number of benzene rings is 2. The molecule has 0 fully saturated rings. The van der Waals surface area contributed by atoms with Crippen molar-refractivity contribution in [3.8, 4) is 5.75 Å². The standard InChI is InChI=1S/C19H25NO2/c1-3-18(13-21)20-12-16-7-5-9-19(11-16)22-14-17-8-4-6-15(2)10-17/h4-11,18,20-21H,3,12-14H2,1-2H3/t18-/m1/s1. The summed E-state index contributed by atoms with van der Waals surface area (Å²) in [6.07, 6.45) is 0.917. The van der Waals surface area contributed by atoms with Crippen LogP contribution in [0.25, 0.3) is 0 Å². The van der Waals surface area contributed by atoms with Gasteiger partial charge in [0.1, 0.15) is 12.4 Å². The summed E-state index contributed by atoms with van der Waals surface area (Å²) in [6, 6.07) is 16.6. The summed E-state index contributed by atoms with van der Waals surface area (Å²) >= 11 is 0. The van der Waals surface area contributed by atoms with Gasteiger partial charge in [0.25, 0.3) is 0 Å². The van der Waals surface area contributed by atoms with Crippen LogP contribution in [0.3, 0.4) is 0 Å². The summed E-state index contributed by atoms with van der Waals surface area (Å²) < 4.78 is 5.87. The predicted molar refractivity (Wildman–Crippen MR) is 90.0 cm³/mol. The van der Waals surface area contributed by atoms with Crippen LogP contribution in [-0.2, 0) is 13.2 Å². The van der Waals surface area contributed by atoms with Gasteiger partial charge < -0.3 is 15.2 Å².